The van der Waals surface area contributed by atoms with Crippen LogP contribution in [0.15, 0.2) is 48.5 Å². The number of rotatable bonds is 16. The standard InChI is InChI=1S/C23H30N4O5.C22H28N4O6/c1-26(2,3)12-10-24-14-6-8-16(28)20-18(14)22(30)21-17(29)9-7-15(19(21)23(20)31)25-11-13-27(4,5)32;1-25(2,31)11-9-23-13-5-6-14(24-10-12-26(3,4)32)18-17(13)21(29)19-15(27)7-8-16(28)20(19)22(18)30/h6-9H,10-13H2,1-5H3,(H3-,24,25,28,29,30,31);5-8,23-24,27-28H,9-12H2,1-4H3/p+1/i1D3,2D3,4D3,5D3;1D3,2D3,3D3,4D3. The molecule has 0 saturated carbocycles. The van der Waals surface area contributed by atoms with Gasteiger partial charge in [-0.3, -0.25) is 19.2 Å². The predicted octanol–water partition coefficient (Wildman–Crippen LogP) is 3.82. The molecular weight excluding hydrogens is 829 g/mol. The number of phenols is 4. The van der Waals surface area contributed by atoms with Gasteiger partial charge in [0.1, 0.15) is 23.0 Å². The molecule has 0 aliphatic heterocycles. The average molecular weight is 912 g/mol. The minimum Gasteiger partial charge on any atom is -0.633 e. The van der Waals surface area contributed by atoms with Crippen LogP contribution in [-0.4, -0.2) is 177 Å². The Balaban J connectivity index is 0.000000321. The number of carbonyl (C=O) groups excluding carboxylic acids is 4. The number of phenolic OH excluding ortho intramolecular Hbond substituents is 4. The summed E-state index contributed by atoms with van der Waals surface area (Å²) in [5, 5.41) is 90.9. The van der Waals surface area contributed by atoms with Gasteiger partial charge in [0.2, 0.25) is 23.1 Å². The van der Waals surface area contributed by atoms with Crippen LogP contribution < -0.4 is 21.3 Å². The van der Waals surface area contributed by atoms with Crippen molar-refractivity contribution in [3.63, 3.8) is 0 Å². The maximum atomic E-state index is 13.7. The number of carbonyl (C=O) groups is 4. The summed E-state index contributed by atoms with van der Waals surface area (Å²) in [6.45, 7) is -32.5. The van der Waals surface area contributed by atoms with E-state index in [0.29, 0.717) is 0 Å². The summed E-state index contributed by atoms with van der Waals surface area (Å²) in [7, 11) is 1.03. The molecule has 0 spiro atoms. The number of aromatic hydroxyl groups is 4. The molecule has 0 bridgehead atoms. The molecule has 4 aromatic rings. The molecule has 0 saturated heterocycles. The number of ketones is 4. The lowest BCUT2D eigenvalue weighted by molar-refractivity contribution is -0.868. The number of anilines is 4. The number of hydrogen-bond acceptors (Lipinski definition) is 15. The van der Waals surface area contributed by atoms with Crippen molar-refractivity contribution in [1.29, 1.82) is 0 Å². The van der Waals surface area contributed by atoms with Gasteiger partial charge in [0, 0.05) is 22.7 Å². The zero-order chi connectivity index (χ0) is 67.7. The number of nitrogens with one attached hydrogen (secondary N) is 4. The van der Waals surface area contributed by atoms with Crippen LogP contribution in [0.5, 0.6) is 23.0 Å². The van der Waals surface area contributed by atoms with E-state index in [9.17, 15) is 55.2 Å². The predicted molar refractivity (Wildman–Crippen MR) is 244 cm³/mol. The Morgan fingerprint density at radius 1 is 0.406 bits per heavy atom. The van der Waals surface area contributed by atoms with E-state index >= 15 is 0 Å². The fourth-order valence-electron chi connectivity index (χ4n) is 6.78. The van der Waals surface area contributed by atoms with E-state index in [1.165, 1.54) is 6.07 Å². The molecule has 4 aromatic carbocycles. The maximum Gasteiger partial charge on any atom is 0.200 e. The Hall–Kier alpha value is -6.32. The van der Waals surface area contributed by atoms with Crippen LogP contribution in [0, 0.1) is 15.6 Å². The molecule has 8 N–H and O–H groups in total. The van der Waals surface area contributed by atoms with Crippen molar-refractivity contribution in [3.8, 4) is 23.0 Å². The first-order valence-electron chi connectivity index (χ1n) is 30.8. The molecule has 19 nitrogen and oxygen atoms in total. The molecule has 0 atom stereocenters. The van der Waals surface area contributed by atoms with Gasteiger partial charge in [0.25, 0.3) is 0 Å². The molecule has 0 heterocycles. The minimum atomic E-state index is -3.51. The van der Waals surface area contributed by atoms with E-state index < -0.39 is 205 Å². The maximum absolute atomic E-state index is 13.7. The van der Waals surface area contributed by atoms with Crippen molar-refractivity contribution in [3.05, 3.63) is 109 Å². The molecular formula is C45H59N8O11+. The van der Waals surface area contributed by atoms with E-state index in [-0.39, 0.29) is 34.9 Å². The molecule has 0 aromatic heterocycles. The Bertz CT molecular complexity index is 3100. The van der Waals surface area contributed by atoms with E-state index in [0.717, 1.165) is 49.5 Å². The van der Waals surface area contributed by atoms with Crippen LogP contribution in [0.25, 0.3) is 0 Å². The lowest BCUT2D eigenvalue weighted by Crippen LogP contribution is -2.38. The van der Waals surface area contributed by atoms with Crippen molar-refractivity contribution in [2.45, 2.75) is 0 Å². The van der Waals surface area contributed by atoms with Crippen molar-refractivity contribution in [1.82, 2.24) is 0 Å². The molecule has 0 unspecified atom stereocenters. The SMILES string of the molecule is [2H]C([2H])([2H])[N+](C)(CCNc1ccc(O)c2c1C(=O)c1c(O)ccc(NCC[N+]([O-])(C([2H])([2H])[2H])C([2H])([2H])[2H])c1C2=O)C([2H])([2H])[2H].[2H]C([2H])([2H])[N+]([O-])(CCNc1ccc(NCC[N+]([O-])(C([2H])([2H])[2H])C([2H])([2H])[2H])c2c1C(=O)c1c(O)ccc(O)c1C2=O)C([2H])([2H])[2H]. The first-order valence-corrected chi connectivity index (χ1v) is 18.8. The summed E-state index contributed by atoms with van der Waals surface area (Å²) in [6.07, 6.45) is 0. The Kier molecular flexibility index (Phi) is 7.26. The topological polar surface area (TPSA) is 266 Å². The number of benzene rings is 4. The summed E-state index contributed by atoms with van der Waals surface area (Å²) in [4.78, 5) is 54.7. The molecule has 64 heavy (non-hydrogen) atoms. The van der Waals surface area contributed by atoms with Crippen molar-refractivity contribution < 1.29 is 90.9 Å². The Morgan fingerprint density at radius 3 is 0.922 bits per heavy atom. The van der Waals surface area contributed by atoms with Gasteiger partial charge in [-0.25, -0.2) is 0 Å². The van der Waals surface area contributed by atoms with Crippen LogP contribution in [0.3, 0.4) is 0 Å². The second kappa shape index (κ2) is 18.4. The van der Waals surface area contributed by atoms with Crippen LogP contribution in [0.4, 0.5) is 22.7 Å². The second-order valence-electron chi connectivity index (χ2n) is 14.9. The average Bonchev–Trinajstić information content (AvgIpc) is 1.18. The highest BCUT2D eigenvalue weighted by molar-refractivity contribution is 6.34. The van der Waals surface area contributed by atoms with Crippen molar-refractivity contribution >= 4 is 45.9 Å². The number of quaternary nitrogens is 4. The first kappa shape index (κ1) is 25.2. The van der Waals surface area contributed by atoms with E-state index in [2.05, 4.69) is 21.3 Å². The van der Waals surface area contributed by atoms with Gasteiger partial charge < -0.3 is 75.7 Å². The molecule has 0 radical (unpaired) electrons. The van der Waals surface area contributed by atoms with Gasteiger partial charge in [-0.15, -0.1) is 0 Å². The largest absolute Gasteiger partial charge is 0.633 e. The third-order valence-corrected chi connectivity index (χ3v) is 9.65. The summed E-state index contributed by atoms with van der Waals surface area (Å²) in [5.41, 5.74) is -4.59. The highest BCUT2D eigenvalue weighted by Crippen LogP contribution is 2.44. The zero-order valence-corrected chi connectivity index (χ0v) is 33.7. The van der Waals surface area contributed by atoms with Gasteiger partial charge >= 0.3 is 0 Å². The van der Waals surface area contributed by atoms with Gasteiger partial charge in [0.05, 0.1) is 193 Å². The summed E-state index contributed by atoms with van der Waals surface area (Å²) in [5.74, 6) is -6.60. The van der Waals surface area contributed by atoms with Crippen LogP contribution in [0.2, 0.25) is 0 Å². The normalized spacial score (nSPS) is 20.7. The summed E-state index contributed by atoms with van der Waals surface area (Å²) >= 11 is 0. The molecule has 0 amide bonds. The second-order valence-corrected chi connectivity index (χ2v) is 14.9. The van der Waals surface area contributed by atoms with Gasteiger partial charge in [-0.2, -0.15) is 0 Å². The van der Waals surface area contributed by atoms with Crippen molar-refractivity contribution in [2.24, 2.45) is 0 Å². The Morgan fingerprint density at radius 2 is 0.641 bits per heavy atom. The number of likely N-dealkylation sites (N-methyl/N-ethyl adjacent to an activating group) is 4. The third kappa shape index (κ3) is 11.2. The minimum absolute atomic E-state index is 0.0639. The number of fused-ring (bicyclic) bond motifs is 4. The van der Waals surface area contributed by atoms with Gasteiger partial charge in [-0.05, 0) is 48.5 Å². The number of hydrogen-bond donors (Lipinski definition) is 8. The van der Waals surface area contributed by atoms with Gasteiger partial charge in [-0.1, -0.05) is 0 Å². The van der Waals surface area contributed by atoms with E-state index in [1.54, 1.807) is 0 Å². The lowest BCUT2D eigenvalue weighted by Gasteiger charge is -2.34. The van der Waals surface area contributed by atoms with E-state index in [4.69, 9.17) is 32.9 Å². The molecule has 0 fully saturated rings. The van der Waals surface area contributed by atoms with E-state index in [1.807, 2.05) is 0 Å². The van der Waals surface area contributed by atoms with Crippen LogP contribution >= 0.6 is 0 Å². The fourth-order valence-corrected chi connectivity index (χ4v) is 6.78. The molecule has 2 aliphatic carbocycles. The highest BCUT2D eigenvalue weighted by atomic mass is 16.5. The van der Waals surface area contributed by atoms with Crippen LogP contribution in [0.1, 0.15) is 96.6 Å². The molecule has 19 heteroatoms. The quantitative estimate of drug-likeness (QED) is 0.0390. The lowest BCUT2D eigenvalue weighted by atomic mass is 9.81. The number of nitrogens with zero attached hydrogens (tertiary/aromatic N) is 4. The third-order valence-electron chi connectivity index (χ3n) is 9.65. The zero-order valence-electron chi connectivity index (χ0n) is 57.7. The molecule has 6 rings (SSSR count). The monoisotopic (exact) mass is 912 g/mol. The van der Waals surface area contributed by atoms with Crippen LogP contribution in [-0.2, 0) is 0 Å². The van der Waals surface area contributed by atoms with Gasteiger partial charge in [0.15, 0.2) is 0 Å². The molecule has 2 aliphatic rings. The first-order chi connectivity index (χ1) is 39.6. The fraction of sp³-hybridized carbons (Fsp3) is 0.378. The summed E-state index contributed by atoms with van der Waals surface area (Å²) < 4.78 is 171. The summed E-state index contributed by atoms with van der Waals surface area (Å²) in [6, 6.07) is 8.70. The molecule has 344 valence electrons. The number of hydroxylamine groups is 9. The van der Waals surface area contributed by atoms with Crippen molar-refractivity contribution in [2.75, 3.05) is 136 Å². The smallest absolute Gasteiger partial charge is 0.200 e. The Labute approximate surface area is 405 Å². The highest BCUT2D eigenvalue weighted by Gasteiger charge is 2.39.